The molecule has 2 nitrogen and oxygen atoms in total. The van der Waals surface area contributed by atoms with Gasteiger partial charge in [0.05, 0.1) is 0 Å². The quantitative estimate of drug-likeness (QED) is 0.796. The van der Waals surface area contributed by atoms with E-state index >= 15 is 0 Å². The summed E-state index contributed by atoms with van der Waals surface area (Å²) in [5.41, 5.74) is 0. The highest BCUT2D eigenvalue weighted by atomic mass is 127. The molecule has 0 fully saturated rings. The van der Waals surface area contributed by atoms with Gasteiger partial charge in [0.1, 0.15) is 8.73 Å². The summed E-state index contributed by atoms with van der Waals surface area (Å²) in [5.74, 6) is 0. The molecule has 1 aromatic heterocycles. The van der Waals surface area contributed by atoms with Crippen molar-refractivity contribution in [1.29, 1.82) is 0 Å². The monoisotopic (exact) mass is 314 g/mol. The van der Waals surface area contributed by atoms with Gasteiger partial charge < -0.3 is 0 Å². The second-order valence-corrected chi connectivity index (χ2v) is 4.65. The molecule has 14 heavy (non-hydrogen) atoms. The van der Waals surface area contributed by atoms with E-state index in [2.05, 4.69) is 44.7 Å². The third kappa shape index (κ3) is 2.45. The van der Waals surface area contributed by atoms with Gasteiger partial charge in [-0.15, -0.1) is 0 Å². The van der Waals surface area contributed by atoms with Crippen molar-refractivity contribution in [3.8, 4) is 0 Å². The third-order valence-electron chi connectivity index (χ3n) is 1.58. The van der Waals surface area contributed by atoms with Crippen molar-refractivity contribution >= 4 is 34.4 Å². The van der Waals surface area contributed by atoms with Crippen LogP contribution >= 0.6 is 34.4 Å². The van der Waals surface area contributed by atoms with Crippen LogP contribution in [0.25, 0.3) is 0 Å². The molecule has 0 amide bonds. The second kappa shape index (κ2) is 4.75. The Bertz CT molecular complexity index is 419. The highest BCUT2D eigenvalue weighted by Crippen LogP contribution is 2.27. The van der Waals surface area contributed by atoms with Crippen molar-refractivity contribution in [3.05, 3.63) is 46.4 Å². The van der Waals surface area contributed by atoms with E-state index in [0.29, 0.717) is 0 Å². The summed E-state index contributed by atoms with van der Waals surface area (Å²) in [6.45, 7) is 0. The lowest BCUT2D eigenvalue weighted by molar-refractivity contribution is 1.02. The normalized spacial score (nSPS) is 10.1. The van der Waals surface area contributed by atoms with Gasteiger partial charge in [-0.1, -0.05) is 30.0 Å². The number of hydrogen-bond acceptors (Lipinski definition) is 3. The van der Waals surface area contributed by atoms with E-state index in [-0.39, 0.29) is 0 Å². The number of nitrogens with zero attached hydrogens (tertiary/aromatic N) is 2. The molecule has 0 spiro atoms. The summed E-state index contributed by atoms with van der Waals surface area (Å²) < 4.78 is 0.943. The summed E-state index contributed by atoms with van der Waals surface area (Å²) in [4.78, 5) is 9.63. The van der Waals surface area contributed by atoms with Gasteiger partial charge in [0.2, 0.25) is 0 Å². The molecule has 2 rings (SSSR count). The average Bonchev–Trinajstić information content (AvgIpc) is 2.23. The number of halogens is 1. The summed E-state index contributed by atoms with van der Waals surface area (Å²) in [6.07, 6.45) is 3.42. The Morgan fingerprint density at radius 1 is 1.00 bits per heavy atom. The average molecular weight is 314 g/mol. The first-order valence-electron chi connectivity index (χ1n) is 4.05. The van der Waals surface area contributed by atoms with Gasteiger partial charge in [-0.3, -0.25) is 0 Å². The van der Waals surface area contributed by atoms with E-state index in [1.807, 2.05) is 18.2 Å². The lowest BCUT2D eigenvalue weighted by Gasteiger charge is -2.00. The maximum absolute atomic E-state index is 4.27. The van der Waals surface area contributed by atoms with Crippen LogP contribution in [0.5, 0.6) is 0 Å². The van der Waals surface area contributed by atoms with Gasteiger partial charge >= 0.3 is 0 Å². The molecule has 0 saturated heterocycles. The molecule has 70 valence electrons. The lowest BCUT2D eigenvalue weighted by Crippen LogP contribution is -1.87. The Morgan fingerprint density at radius 2 is 1.71 bits per heavy atom. The summed E-state index contributed by atoms with van der Waals surface area (Å²) in [6, 6.07) is 10.2. The number of hydrogen-bond donors (Lipinski definition) is 0. The van der Waals surface area contributed by atoms with Crippen molar-refractivity contribution < 1.29 is 0 Å². The molecule has 0 atom stereocenters. The molecule has 0 aliphatic heterocycles. The van der Waals surface area contributed by atoms with Crippen LogP contribution in [0.3, 0.4) is 0 Å². The highest BCUT2D eigenvalue weighted by Gasteiger charge is 2.02. The molecule has 0 saturated carbocycles. The van der Waals surface area contributed by atoms with E-state index in [1.165, 1.54) is 4.90 Å². The molecule has 0 radical (unpaired) electrons. The smallest absolute Gasteiger partial charge is 0.133 e. The van der Waals surface area contributed by atoms with Gasteiger partial charge in [0, 0.05) is 17.3 Å². The van der Waals surface area contributed by atoms with E-state index in [9.17, 15) is 0 Å². The molecule has 1 heterocycles. The molecule has 0 N–H and O–H groups in total. The molecule has 0 unspecified atom stereocenters. The molecular weight excluding hydrogens is 307 g/mol. The van der Waals surface area contributed by atoms with Gasteiger partial charge in [-0.25, -0.2) is 9.97 Å². The first-order valence-corrected chi connectivity index (χ1v) is 5.95. The minimum atomic E-state index is 0.943. The highest BCUT2D eigenvalue weighted by molar-refractivity contribution is 14.1. The Balaban J connectivity index is 2.24. The van der Waals surface area contributed by atoms with Crippen molar-refractivity contribution in [2.24, 2.45) is 0 Å². The maximum atomic E-state index is 4.27. The van der Waals surface area contributed by atoms with Crippen LogP contribution in [-0.2, 0) is 0 Å². The van der Waals surface area contributed by atoms with Gasteiger partial charge in [-0.05, 0) is 34.7 Å². The van der Waals surface area contributed by atoms with Gasteiger partial charge in [0.15, 0.2) is 0 Å². The van der Waals surface area contributed by atoms with Crippen LogP contribution in [0.2, 0.25) is 0 Å². The lowest BCUT2D eigenvalue weighted by atomic mass is 10.4. The Hall–Kier alpha value is -0.620. The predicted molar refractivity (Wildman–Crippen MR) is 65.3 cm³/mol. The first kappa shape index (κ1) is 9.92. The fraction of sp³-hybridized carbons (Fsp3) is 0. The fourth-order valence-corrected chi connectivity index (χ4v) is 2.37. The minimum Gasteiger partial charge on any atom is -0.246 e. The summed E-state index contributed by atoms with van der Waals surface area (Å²) in [7, 11) is 0. The van der Waals surface area contributed by atoms with Crippen molar-refractivity contribution in [1.82, 2.24) is 9.97 Å². The molecule has 2 aromatic rings. The molecule has 0 aliphatic rings. The SMILES string of the molecule is Ic1nccnc1Sc1ccccc1. The first-order chi connectivity index (χ1) is 6.86. The van der Waals surface area contributed by atoms with Crippen LogP contribution in [-0.4, -0.2) is 9.97 Å². The third-order valence-corrected chi connectivity index (χ3v) is 3.74. The molecule has 4 heteroatoms. The van der Waals surface area contributed by atoms with Crippen molar-refractivity contribution in [3.63, 3.8) is 0 Å². The maximum Gasteiger partial charge on any atom is 0.133 e. The van der Waals surface area contributed by atoms with Crippen LogP contribution in [0, 0.1) is 3.70 Å². The van der Waals surface area contributed by atoms with E-state index in [1.54, 1.807) is 24.2 Å². The minimum absolute atomic E-state index is 0.943. The van der Waals surface area contributed by atoms with E-state index in [0.717, 1.165) is 8.73 Å². The van der Waals surface area contributed by atoms with Gasteiger partial charge in [-0.2, -0.15) is 0 Å². The number of benzene rings is 1. The molecule has 0 aliphatic carbocycles. The zero-order valence-corrected chi connectivity index (χ0v) is 10.2. The largest absolute Gasteiger partial charge is 0.246 e. The van der Waals surface area contributed by atoms with Crippen LogP contribution in [0.1, 0.15) is 0 Å². The summed E-state index contributed by atoms with van der Waals surface area (Å²) >= 11 is 3.83. The molecular formula is C10H7IN2S. The Morgan fingerprint density at radius 3 is 2.43 bits per heavy atom. The standard InChI is InChI=1S/C10H7IN2S/c11-9-10(13-7-6-12-9)14-8-4-2-1-3-5-8/h1-7H. The van der Waals surface area contributed by atoms with Crippen molar-refractivity contribution in [2.45, 2.75) is 9.92 Å². The Kier molecular flexibility index (Phi) is 3.36. The second-order valence-electron chi connectivity index (χ2n) is 2.57. The Labute approximate surface area is 100 Å². The summed E-state index contributed by atoms with van der Waals surface area (Å²) in [5, 5.41) is 0.958. The fourth-order valence-electron chi connectivity index (χ4n) is 0.977. The van der Waals surface area contributed by atoms with Crippen molar-refractivity contribution in [2.75, 3.05) is 0 Å². The van der Waals surface area contributed by atoms with Crippen LogP contribution < -0.4 is 0 Å². The number of rotatable bonds is 2. The topological polar surface area (TPSA) is 25.8 Å². The van der Waals surface area contributed by atoms with Crippen LogP contribution in [0.4, 0.5) is 0 Å². The molecule has 1 aromatic carbocycles. The number of aromatic nitrogens is 2. The van der Waals surface area contributed by atoms with E-state index < -0.39 is 0 Å². The zero-order valence-electron chi connectivity index (χ0n) is 7.22. The molecule has 0 bridgehead atoms. The predicted octanol–water partition coefficient (Wildman–Crippen LogP) is 3.23. The van der Waals surface area contributed by atoms with Gasteiger partial charge in [0.25, 0.3) is 0 Å². The zero-order chi connectivity index (χ0) is 9.80. The van der Waals surface area contributed by atoms with E-state index in [4.69, 9.17) is 0 Å². The van der Waals surface area contributed by atoms with Crippen LogP contribution in [0.15, 0.2) is 52.6 Å².